The van der Waals surface area contributed by atoms with Crippen LogP contribution >= 0.6 is 0 Å². The second kappa shape index (κ2) is 7.92. The highest BCUT2D eigenvalue weighted by Crippen LogP contribution is 2.46. The summed E-state index contributed by atoms with van der Waals surface area (Å²) in [7, 11) is 3.95. The quantitative estimate of drug-likeness (QED) is 0.135. The Morgan fingerprint density at radius 1 is 0.649 bits per heavy atom. The fraction of sp³-hybridized carbons (Fsp3) is 0.286. The SMILES string of the molecule is COc1c(C(C)(C)C)cc(-c2cc3cc4ccccc4c4ccc5c(c2cc[n+]5C)c34)cc1C(C)(C)C. The van der Waals surface area contributed by atoms with Crippen LogP contribution < -0.4 is 9.30 Å². The van der Waals surface area contributed by atoms with Gasteiger partial charge in [0.1, 0.15) is 12.8 Å². The molecule has 0 spiro atoms. The summed E-state index contributed by atoms with van der Waals surface area (Å²) in [6.07, 6.45) is 2.20. The normalized spacial score (nSPS) is 12.9. The van der Waals surface area contributed by atoms with Gasteiger partial charge >= 0.3 is 0 Å². The molecule has 1 aromatic heterocycles. The Balaban J connectivity index is 1.81. The van der Waals surface area contributed by atoms with Crippen molar-refractivity contribution in [1.82, 2.24) is 0 Å². The number of ether oxygens (including phenoxy) is 1. The topological polar surface area (TPSA) is 13.1 Å². The summed E-state index contributed by atoms with van der Waals surface area (Å²) >= 11 is 0. The second-order valence-corrected chi connectivity index (χ2v) is 12.6. The Labute approximate surface area is 219 Å². The van der Waals surface area contributed by atoms with E-state index < -0.39 is 0 Å². The number of aryl methyl sites for hydroxylation is 1. The van der Waals surface area contributed by atoms with E-state index in [-0.39, 0.29) is 10.8 Å². The molecule has 0 saturated carbocycles. The first-order valence-electron chi connectivity index (χ1n) is 13.2. The van der Waals surface area contributed by atoms with Crippen molar-refractivity contribution in [2.75, 3.05) is 7.11 Å². The third-order valence-corrected chi connectivity index (χ3v) is 7.96. The minimum atomic E-state index is -0.0524. The number of pyridine rings is 1. The first kappa shape index (κ1) is 23.7. The first-order chi connectivity index (χ1) is 17.5. The Kier molecular flexibility index (Phi) is 5.08. The molecule has 0 atom stereocenters. The van der Waals surface area contributed by atoms with Crippen LogP contribution in [-0.2, 0) is 17.9 Å². The molecule has 0 N–H and O–H groups in total. The Hall–Kier alpha value is -3.65. The average molecular weight is 487 g/mol. The monoisotopic (exact) mass is 486 g/mol. The van der Waals surface area contributed by atoms with Gasteiger partial charge < -0.3 is 4.74 Å². The minimum Gasteiger partial charge on any atom is -0.496 e. The molecule has 0 bridgehead atoms. The number of hydrogen-bond acceptors (Lipinski definition) is 1. The summed E-state index contributed by atoms with van der Waals surface area (Å²) in [5.41, 5.74) is 6.18. The number of rotatable bonds is 2. The Morgan fingerprint density at radius 2 is 1.32 bits per heavy atom. The Morgan fingerprint density at radius 3 is 1.97 bits per heavy atom. The summed E-state index contributed by atoms with van der Waals surface area (Å²) in [6.45, 7) is 13.7. The number of aromatic nitrogens is 1. The van der Waals surface area contributed by atoms with Gasteiger partial charge in [0.05, 0.1) is 12.5 Å². The molecule has 0 fully saturated rings. The number of nitrogens with zero attached hydrogens (tertiary/aromatic N) is 1. The molecular formula is C35H36NO+. The average Bonchev–Trinajstić information content (AvgIpc) is 2.85. The maximum atomic E-state index is 6.07. The van der Waals surface area contributed by atoms with E-state index in [4.69, 9.17) is 4.74 Å². The number of methoxy groups -OCH3 is 1. The third-order valence-electron chi connectivity index (χ3n) is 7.96. The molecule has 0 aliphatic carbocycles. The van der Waals surface area contributed by atoms with E-state index in [1.807, 2.05) is 7.11 Å². The summed E-state index contributed by atoms with van der Waals surface area (Å²) in [6, 6.07) is 25.1. The first-order valence-corrected chi connectivity index (χ1v) is 13.2. The number of fused-ring (bicyclic) bond motifs is 2. The van der Waals surface area contributed by atoms with Crippen LogP contribution in [0.2, 0.25) is 0 Å². The molecule has 6 aromatic rings. The summed E-state index contributed by atoms with van der Waals surface area (Å²) < 4.78 is 8.32. The zero-order valence-electron chi connectivity index (χ0n) is 23.3. The summed E-state index contributed by atoms with van der Waals surface area (Å²) in [4.78, 5) is 0. The van der Waals surface area contributed by atoms with Gasteiger partial charge in [0.15, 0.2) is 6.20 Å². The van der Waals surface area contributed by atoms with E-state index in [0.29, 0.717) is 0 Å². The highest BCUT2D eigenvalue weighted by atomic mass is 16.5. The van der Waals surface area contributed by atoms with Crippen molar-refractivity contribution in [2.45, 2.75) is 52.4 Å². The lowest BCUT2D eigenvalue weighted by atomic mass is 9.77. The van der Waals surface area contributed by atoms with Crippen LogP contribution in [0.3, 0.4) is 0 Å². The second-order valence-electron chi connectivity index (χ2n) is 12.6. The molecule has 2 nitrogen and oxygen atoms in total. The summed E-state index contributed by atoms with van der Waals surface area (Å²) in [5.74, 6) is 1.01. The van der Waals surface area contributed by atoms with Crippen LogP contribution in [0.1, 0.15) is 52.7 Å². The van der Waals surface area contributed by atoms with Crippen molar-refractivity contribution in [1.29, 1.82) is 0 Å². The van der Waals surface area contributed by atoms with Gasteiger partial charge in [0.25, 0.3) is 0 Å². The fourth-order valence-corrected chi connectivity index (χ4v) is 6.07. The van der Waals surface area contributed by atoms with E-state index in [9.17, 15) is 0 Å². The van der Waals surface area contributed by atoms with Crippen molar-refractivity contribution in [2.24, 2.45) is 7.05 Å². The van der Waals surface area contributed by atoms with Gasteiger partial charge in [0, 0.05) is 34.0 Å². The maximum Gasteiger partial charge on any atom is 0.213 e. The third kappa shape index (κ3) is 3.57. The molecule has 186 valence electrons. The van der Waals surface area contributed by atoms with E-state index in [2.05, 4.69) is 126 Å². The molecular weight excluding hydrogens is 450 g/mol. The van der Waals surface area contributed by atoms with Crippen molar-refractivity contribution in [3.8, 4) is 16.9 Å². The van der Waals surface area contributed by atoms with Gasteiger partial charge in [-0.1, -0.05) is 65.8 Å². The molecule has 2 heteroatoms. The molecule has 0 radical (unpaired) electrons. The van der Waals surface area contributed by atoms with Crippen LogP contribution in [0.25, 0.3) is 54.3 Å². The minimum absolute atomic E-state index is 0.0524. The lowest BCUT2D eigenvalue weighted by molar-refractivity contribution is -0.644. The highest BCUT2D eigenvalue weighted by molar-refractivity contribution is 6.30. The van der Waals surface area contributed by atoms with Crippen molar-refractivity contribution >= 4 is 43.2 Å². The molecule has 6 rings (SSSR count). The van der Waals surface area contributed by atoms with Crippen LogP contribution in [-0.4, -0.2) is 7.11 Å². The zero-order valence-corrected chi connectivity index (χ0v) is 23.3. The van der Waals surface area contributed by atoms with Gasteiger partial charge in [-0.15, -0.1) is 0 Å². The van der Waals surface area contributed by atoms with Crippen LogP contribution in [0.15, 0.2) is 72.9 Å². The van der Waals surface area contributed by atoms with Gasteiger partial charge in [-0.2, -0.15) is 0 Å². The number of hydrogen-bond donors (Lipinski definition) is 0. The van der Waals surface area contributed by atoms with Crippen molar-refractivity contribution in [3.63, 3.8) is 0 Å². The largest absolute Gasteiger partial charge is 0.496 e. The molecule has 0 unspecified atom stereocenters. The lowest BCUT2D eigenvalue weighted by Gasteiger charge is -2.30. The van der Waals surface area contributed by atoms with Crippen LogP contribution in [0, 0.1) is 0 Å². The highest BCUT2D eigenvalue weighted by Gasteiger charge is 2.29. The predicted molar refractivity (Wildman–Crippen MR) is 158 cm³/mol. The maximum absolute atomic E-state index is 6.07. The van der Waals surface area contributed by atoms with E-state index in [1.165, 1.54) is 65.5 Å². The smallest absolute Gasteiger partial charge is 0.213 e. The van der Waals surface area contributed by atoms with E-state index in [1.54, 1.807) is 0 Å². The number of benzene rings is 5. The van der Waals surface area contributed by atoms with Gasteiger partial charge in [-0.25, -0.2) is 4.57 Å². The van der Waals surface area contributed by atoms with E-state index >= 15 is 0 Å². The van der Waals surface area contributed by atoms with Crippen LogP contribution in [0.5, 0.6) is 5.75 Å². The van der Waals surface area contributed by atoms with Crippen LogP contribution in [0.4, 0.5) is 0 Å². The molecule has 0 aliphatic heterocycles. The fourth-order valence-electron chi connectivity index (χ4n) is 6.07. The van der Waals surface area contributed by atoms with Crippen molar-refractivity contribution < 1.29 is 9.30 Å². The van der Waals surface area contributed by atoms with E-state index in [0.717, 1.165) is 5.75 Å². The van der Waals surface area contributed by atoms with Crippen molar-refractivity contribution in [3.05, 3.63) is 84.1 Å². The Bertz CT molecular complexity index is 1790. The molecule has 37 heavy (non-hydrogen) atoms. The standard InChI is InChI=1S/C35H36NO/c1-34(2,3)28-19-22(20-29(33(28)37-8)35(4,5)6)27-18-23-17-21-11-9-10-12-24(21)25-13-14-30-32(31(23)25)26(27)15-16-36(30)7/h9-20H,1-8H3/q+1. The van der Waals surface area contributed by atoms with Gasteiger partial charge in [-0.05, 0) is 73.8 Å². The lowest BCUT2D eigenvalue weighted by Crippen LogP contribution is -2.28. The van der Waals surface area contributed by atoms with Gasteiger partial charge in [-0.3, -0.25) is 0 Å². The predicted octanol–water partition coefficient (Wildman–Crippen LogP) is 8.83. The zero-order chi connectivity index (χ0) is 26.3. The summed E-state index contributed by atoms with van der Waals surface area (Å²) in [5, 5.41) is 9.20. The molecule has 0 aliphatic rings. The molecule has 0 saturated heterocycles. The molecule has 5 aromatic carbocycles. The van der Waals surface area contributed by atoms with Gasteiger partial charge in [0.2, 0.25) is 5.52 Å². The molecule has 0 amide bonds. The molecule has 1 heterocycles.